The molecule has 0 aliphatic carbocycles. The Morgan fingerprint density at radius 3 is 2.43 bits per heavy atom. The first-order chi connectivity index (χ1) is 10.2. The third kappa shape index (κ3) is 2.41. The molecule has 0 spiro atoms. The molecule has 104 valence electrons. The maximum absolute atomic E-state index is 12.5. The second-order valence-electron chi connectivity index (χ2n) is 4.72. The van der Waals surface area contributed by atoms with Crippen LogP contribution in [0.4, 0.5) is 5.69 Å². The van der Waals surface area contributed by atoms with Crippen molar-refractivity contribution in [2.75, 3.05) is 4.90 Å². The van der Waals surface area contributed by atoms with Crippen LogP contribution in [0.2, 0.25) is 0 Å². The standard InChI is InChI=1S/C16H12N2O3/c19-16-14(11-18(20)21)13-8-4-5-9-15(13)17(16)10-12-6-2-1-3-7-12/h1-9,11H,10H2/b14-11+. The molecule has 0 saturated heterocycles. The second kappa shape index (κ2) is 5.20. The summed E-state index contributed by atoms with van der Waals surface area (Å²) in [7, 11) is 0. The molecule has 5 heteroatoms. The fourth-order valence-electron chi connectivity index (χ4n) is 2.46. The summed E-state index contributed by atoms with van der Waals surface area (Å²) in [6.07, 6.45) is 0.784. The van der Waals surface area contributed by atoms with E-state index in [0.29, 0.717) is 17.8 Å². The van der Waals surface area contributed by atoms with Crippen LogP contribution in [0.15, 0.2) is 60.8 Å². The summed E-state index contributed by atoms with van der Waals surface area (Å²) in [6.45, 7) is 0.395. The highest BCUT2D eigenvalue weighted by molar-refractivity contribution is 6.32. The van der Waals surface area contributed by atoms with Crippen molar-refractivity contribution in [3.8, 4) is 0 Å². The Morgan fingerprint density at radius 2 is 1.71 bits per heavy atom. The van der Waals surface area contributed by atoms with E-state index in [1.165, 1.54) is 0 Å². The molecule has 1 amide bonds. The molecule has 0 unspecified atom stereocenters. The number of hydrogen-bond donors (Lipinski definition) is 0. The maximum atomic E-state index is 12.5. The predicted octanol–water partition coefficient (Wildman–Crippen LogP) is 2.85. The molecule has 1 heterocycles. The van der Waals surface area contributed by atoms with Crippen molar-refractivity contribution in [1.29, 1.82) is 0 Å². The quantitative estimate of drug-likeness (QED) is 0.493. The summed E-state index contributed by atoms with van der Waals surface area (Å²) in [5.41, 5.74) is 2.42. The van der Waals surface area contributed by atoms with Gasteiger partial charge in [-0.1, -0.05) is 48.5 Å². The molecular weight excluding hydrogens is 268 g/mol. The lowest BCUT2D eigenvalue weighted by atomic mass is 10.1. The van der Waals surface area contributed by atoms with Crippen LogP contribution in [-0.4, -0.2) is 10.8 Å². The molecule has 0 N–H and O–H groups in total. The molecule has 1 aliphatic heterocycles. The van der Waals surface area contributed by atoms with Crippen molar-refractivity contribution < 1.29 is 9.72 Å². The number of anilines is 1. The zero-order valence-corrected chi connectivity index (χ0v) is 11.1. The Morgan fingerprint density at radius 1 is 1.05 bits per heavy atom. The lowest BCUT2D eigenvalue weighted by Gasteiger charge is -2.16. The van der Waals surface area contributed by atoms with E-state index in [-0.39, 0.29) is 11.5 Å². The molecule has 21 heavy (non-hydrogen) atoms. The number of carbonyl (C=O) groups is 1. The van der Waals surface area contributed by atoms with E-state index in [1.54, 1.807) is 23.1 Å². The Labute approximate surface area is 121 Å². The first kappa shape index (κ1) is 13.1. The van der Waals surface area contributed by atoms with E-state index in [0.717, 1.165) is 11.8 Å². The number of nitro groups is 1. The molecule has 2 aromatic rings. The first-order valence-corrected chi connectivity index (χ1v) is 6.47. The van der Waals surface area contributed by atoms with Crippen LogP contribution in [0.5, 0.6) is 0 Å². The summed E-state index contributed by atoms with van der Waals surface area (Å²) in [6, 6.07) is 16.7. The molecule has 1 aliphatic rings. The molecule has 0 radical (unpaired) electrons. The number of fused-ring (bicyclic) bond motifs is 1. The number of nitrogens with zero attached hydrogens (tertiary/aromatic N) is 2. The number of rotatable bonds is 3. The van der Waals surface area contributed by atoms with Crippen molar-refractivity contribution in [3.63, 3.8) is 0 Å². The number of benzene rings is 2. The molecule has 0 atom stereocenters. The minimum absolute atomic E-state index is 0.131. The van der Waals surface area contributed by atoms with Gasteiger partial charge in [-0.3, -0.25) is 14.9 Å². The minimum atomic E-state index is -0.587. The van der Waals surface area contributed by atoms with E-state index in [4.69, 9.17) is 0 Å². The number of para-hydroxylation sites is 1. The van der Waals surface area contributed by atoms with Gasteiger partial charge in [0.25, 0.3) is 5.91 Å². The fourth-order valence-corrected chi connectivity index (χ4v) is 2.46. The van der Waals surface area contributed by atoms with Crippen LogP contribution in [0.25, 0.3) is 5.57 Å². The van der Waals surface area contributed by atoms with E-state index in [1.807, 2.05) is 36.4 Å². The topological polar surface area (TPSA) is 63.4 Å². The minimum Gasteiger partial charge on any atom is -0.303 e. The van der Waals surface area contributed by atoms with Gasteiger partial charge in [0.2, 0.25) is 6.20 Å². The van der Waals surface area contributed by atoms with Crippen molar-refractivity contribution in [2.45, 2.75) is 6.54 Å². The molecule has 0 saturated carbocycles. The Bertz CT molecular complexity index is 738. The Balaban J connectivity index is 2.03. The van der Waals surface area contributed by atoms with Crippen LogP contribution in [0.3, 0.4) is 0 Å². The monoisotopic (exact) mass is 280 g/mol. The average Bonchev–Trinajstić information content (AvgIpc) is 2.74. The molecule has 0 bridgehead atoms. The van der Waals surface area contributed by atoms with E-state index < -0.39 is 4.92 Å². The number of hydrogen-bond acceptors (Lipinski definition) is 3. The highest BCUT2D eigenvalue weighted by atomic mass is 16.6. The van der Waals surface area contributed by atoms with Gasteiger partial charge in [-0.2, -0.15) is 0 Å². The van der Waals surface area contributed by atoms with Crippen LogP contribution < -0.4 is 4.90 Å². The second-order valence-corrected chi connectivity index (χ2v) is 4.72. The lowest BCUT2D eigenvalue weighted by Crippen LogP contribution is -2.25. The SMILES string of the molecule is O=C1/C(=C/[N+](=O)[O-])c2ccccc2N1Cc1ccccc1. The number of amides is 1. The van der Waals surface area contributed by atoms with Crippen molar-refractivity contribution in [2.24, 2.45) is 0 Å². The third-order valence-electron chi connectivity index (χ3n) is 3.38. The van der Waals surface area contributed by atoms with Gasteiger partial charge >= 0.3 is 0 Å². The van der Waals surface area contributed by atoms with Crippen LogP contribution in [0, 0.1) is 10.1 Å². The van der Waals surface area contributed by atoms with Gasteiger partial charge in [-0.15, -0.1) is 0 Å². The third-order valence-corrected chi connectivity index (χ3v) is 3.38. The maximum Gasteiger partial charge on any atom is 0.265 e. The van der Waals surface area contributed by atoms with Crippen molar-refractivity contribution >= 4 is 17.2 Å². The van der Waals surface area contributed by atoms with E-state index in [2.05, 4.69) is 0 Å². The highest BCUT2D eigenvalue weighted by Gasteiger charge is 2.34. The molecule has 5 nitrogen and oxygen atoms in total. The van der Waals surface area contributed by atoms with Gasteiger partial charge < -0.3 is 4.90 Å². The van der Waals surface area contributed by atoms with Gasteiger partial charge in [0.15, 0.2) is 0 Å². The van der Waals surface area contributed by atoms with Gasteiger partial charge in [0.05, 0.1) is 17.2 Å². The van der Waals surface area contributed by atoms with Gasteiger partial charge in [-0.05, 0) is 11.6 Å². The van der Waals surface area contributed by atoms with Crippen molar-refractivity contribution in [3.05, 3.63) is 82.0 Å². The summed E-state index contributed by atoms with van der Waals surface area (Å²) >= 11 is 0. The average molecular weight is 280 g/mol. The Kier molecular flexibility index (Phi) is 3.23. The smallest absolute Gasteiger partial charge is 0.265 e. The van der Waals surface area contributed by atoms with E-state index in [9.17, 15) is 14.9 Å². The summed E-state index contributed by atoms with van der Waals surface area (Å²) in [5, 5.41) is 10.7. The van der Waals surface area contributed by atoms with Gasteiger partial charge in [-0.25, -0.2) is 0 Å². The molecular formula is C16H12N2O3. The number of carbonyl (C=O) groups excluding carboxylic acids is 1. The van der Waals surface area contributed by atoms with Crippen LogP contribution in [0.1, 0.15) is 11.1 Å². The normalized spacial score (nSPS) is 15.3. The van der Waals surface area contributed by atoms with Crippen molar-refractivity contribution in [1.82, 2.24) is 0 Å². The summed E-state index contributed by atoms with van der Waals surface area (Å²) in [4.78, 5) is 24.2. The zero-order chi connectivity index (χ0) is 14.8. The lowest BCUT2D eigenvalue weighted by molar-refractivity contribution is -0.401. The van der Waals surface area contributed by atoms with Crippen LogP contribution >= 0.6 is 0 Å². The van der Waals surface area contributed by atoms with Crippen LogP contribution in [-0.2, 0) is 11.3 Å². The van der Waals surface area contributed by atoms with Gasteiger partial charge in [0, 0.05) is 5.56 Å². The fraction of sp³-hybridized carbons (Fsp3) is 0.0625. The highest BCUT2D eigenvalue weighted by Crippen LogP contribution is 2.37. The molecule has 3 rings (SSSR count). The zero-order valence-electron chi connectivity index (χ0n) is 11.1. The summed E-state index contributed by atoms with van der Waals surface area (Å²) in [5.74, 6) is -0.336. The summed E-state index contributed by atoms with van der Waals surface area (Å²) < 4.78 is 0. The van der Waals surface area contributed by atoms with E-state index >= 15 is 0 Å². The first-order valence-electron chi connectivity index (χ1n) is 6.47. The molecule has 2 aromatic carbocycles. The predicted molar refractivity (Wildman–Crippen MR) is 79.0 cm³/mol. The van der Waals surface area contributed by atoms with Gasteiger partial charge in [0.1, 0.15) is 5.57 Å². The largest absolute Gasteiger partial charge is 0.303 e. The Hall–Kier alpha value is -2.95. The molecule has 0 fully saturated rings. The molecule has 0 aromatic heterocycles.